The number of halogens is 1. The molecule has 2 aromatic heterocycles. The summed E-state index contributed by atoms with van der Waals surface area (Å²) >= 11 is 0. The van der Waals surface area contributed by atoms with Crippen molar-refractivity contribution in [2.75, 3.05) is 11.9 Å². The number of aromatic nitrogens is 2. The Kier molecular flexibility index (Phi) is 4.61. The molecule has 0 aliphatic heterocycles. The van der Waals surface area contributed by atoms with Crippen LogP contribution < -0.4 is 4.90 Å². The van der Waals surface area contributed by atoms with E-state index >= 15 is 0 Å². The molecule has 2 aromatic carbocycles. The molecule has 1 saturated carbocycles. The SMILES string of the molecule is CCCC1CC1N(C)c1nc2cc(C(=O)O)ccc2nc1-c1cc2cc(F)ccc2o1. The molecule has 5 rings (SSSR count). The number of hydrogen-bond donors (Lipinski definition) is 1. The van der Waals surface area contributed by atoms with Crippen LogP contribution in [0.1, 0.15) is 36.5 Å². The highest BCUT2D eigenvalue weighted by molar-refractivity contribution is 5.94. The summed E-state index contributed by atoms with van der Waals surface area (Å²) in [6, 6.07) is 11.2. The Labute approximate surface area is 178 Å². The maximum atomic E-state index is 13.7. The zero-order valence-electron chi connectivity index (χ0n) is 17.3. The van der Waals surface area contributed by atoms with Crippen molar-refractivity contribution in [2.45, 2.75) is 32.2 Å². The molecule has 6 nitrogen and oxygen atoms in total. The van der Waals surface area contributed by atoms with Crippen molar-refractivity contribution in [3.8, 4) is 11.5 Å². The van der Waals surface area contributed by atoms with Gasteiger partial charge in [0.05, 0.1) is 16.6 Å². The molecule has 0 saturated heterocycles. The number of furan rings is 1. The fourth-order valence-electron chi connectivity index (χ4n) is 4.26. The number of carbonyl (C=O) groups is 1. The van der Waals surface area contributed by atoms with Crippen molar-refractivity contribution in [3.05, 3.63) is 53.8 Å². The van der Waals surface area contributed by atoms with Gasteiger partial charge in [-0.05, 0) is 61.2 Å². The number of carboxylic acid groups (broad SMARTS) is 1. The zero-order chi connectivity index (χ0) is 21.7. The second-order valence-electron chi connectivity index (χ2n) is 8.16. The molecular formula is C24H22FN3O3. The first-order valence-corrected chi connectivity index (χ1v) is 10.4. The lowest BCUT2D eigenvalue weighted by molar-refractivity contribution is 0.0697. The largest absolute Gasteiger partial charge is 0.478 e. The molecule has 4 aromatic rings. The number of anilines is 1. The lowest BCUT2D eigenvalue weighted by Crippen LogP contribution is -2.24. The van der Waals surface area contributed by atoms with E-state index in [0.29, 0.717) is 51.2 Å². The predicted octanol–water partition coefficient (Wildman–Crippen LogP) is 5.51. The van der Waals surface area contributed by atoms with Gasteiger partial charge in [0.25, 0.3) is 0 Å². The van der Waals surface area contributed by atoms with E-state index in [9.17, 15) is 14.3 Å². The van der Waals surface area contributed by atoms with Crippen LogP contribution >= 0.6 is 0 Å². The van der Waals surface area contributed by atoms with Crippen molar-refractivity contribution in [3.63, 3.8) is 0 Å². The second kappa shape index (κ2) is 7.34. The summed E-state index contributed by atoms with van der Waals surface area (Å²) in [7, 11) is 1.99. The van der Waals surface area contributed by atoms with Gasteiger partial charge in [0.15, 0.2) is 11.6 Å². The Morgan fingerprint density at radius 2 is 2.03 bits per heavy atom. The fourth-order valence-corrected chi connectivity index (χ4v) is 4.26. The van der Waals surface area contributed by atoms with Crippen molar-refractivity contribution >= 4 is 33.8 Å². The van der Waals surface area contributed by atoms with Gasteiger partial charge in [-0.15, -0.1) is 0 Å². The smallest absolute Gasteiger partial charge is 0.335 e. The minimum Gasteiger partial charge on any atom is -0.478 e. The van der Waals surface area contributed by atoms with Gasteiger partial charge < -0.3 is 14.4 Å². The van der Waals surface area contributed by atoms with Gasteiger partial charge >= 0.3 is 5.97 Å². The van der Waals surface area contributed by atoms with E-state index in [-0.39, 0.29) is 11.4 Å². The summed E-state index contributed by atoms with van der Waals surface area (Å²) in [5.74, 6) is 0.413. The Morgan fingerprint density at radius 3 is 2.81 bits per heavy atom. The lowest BCUT2D eigenvalue weighted by Gasteiger charge is -2.21. The Hall–Kier alpha value is -3.48. The third kappa shape index (κ3) is 3.50. The molecule has 1 N–H and O–H groups in total. The second-order valence-corrected chi connectivity index (χ2v) is 8.16. The molecular weight excluding hydrogens is 397 g/mol. The summed E-state index contributed by atoms with van der Waals surface area (Å²) in [5.41, 5.74) is 2.39. The van der Waals surface area contributed by atoms with Crippen LogP contribution in [-0.4, -0.2) is 34.1 Å². The van der Waals surface area contributed by atoms with Gasteiger partial charge in [0.1, 0.15) is 17.1 Å². The highest BCUT2D eigenvalue weighted by atomic mass is 19.1. The van der Waals surface area contributed by atoms with Crippen LogP contribution in [0.2, 0.25) is 0 Å². The zero-order valence-corrected chi connectivity index (χ0v) is 17.3. The van der Waals surface area contributed by atoms with Crippen molar-refractivity contribution in [2.24, 2.45) is 5.92 Å². The first-order chi connectivity index (χ1) is 14.9. The number of nitrogens with zero attached hydrogens (tertiary/aromatic N) is 3. The molecule has 0 bridgehead atoms. The van der Waals surface area contributed by atoms with Gasteiger partial charge in [-0.2, -0.15) is 0 Å². The maximum Gasteiger partial charge on any atom is 0.335 e. The quantitative estimate of drug-likeness (QED) is 0.444. The van der Waals surface area contributed by atoms with E-state index < -0.39 is 5.97 Å². The molecule has 1 aliphatic carbocycles. The number of fused-ring (bicyclic) bond motifs is 2. The maximum absolute atomic E-state index is 13.7. The molecule has 158 valence electrons. The van der Waals surface area contributed by atoms with Gasteiger partial charge in [-0.1, -0.05) is 13.3 Å². The fraction of sp³-hybridized carbons (Fsp3) is 0.292. The standard InChI is InChI=1S/C24H22FN3O3/c1-3-4-13-11-19(13)28(2)23-22(21-12-15-9-16(25)6-8-20(15)31-21)26-17-7-5-14(24(29)30)10-18(17)27-23/h5-10,12-13,19H,3-4,11H2,1-2H3,(H,29,30). The van der Waals surface area contributed by atoms with E-state index in [2.05, 4.69) is 11.8 Å². The molecule has 7 heteroatoms. The van der Waals surface area contributed by atoms with Gasteiger partial charge in [-0.3, -0.25) is 0 Å². The van der Waals surface area contributed by atoms with Crippen LogP contribution in [0.5, 0.6) is 0 Å². The van der Waals surface area contributed by atoms with Gasteiger partial charge in [0, 0.05) is 18.5 Å². The van der Waals surface area contributed by atoms with Crippen LogP contribution in [0.15, 0.2) is 46.9 Å². The molecule has 2 unspecified atom stereocenters. The molecule has 0 radical (unpaired) electrons. The average molecular weight is 419 g/mol. The summed E-state index contributed by atoms with van der Waals surface area (Å²) in [6.07, 6.45) is 3.37. The number of rotatable bonds is 6. The van der Waals surface area contributed by atoms with Crippen LogP contribution in [0.3, 0.4) is 0 Å². The molecule has 0 amide bonds. The average Bonchev–Trinajstić information content (AvgIpc) is 3.40. The van der Waals surface area contributed by atoms with Crippen molar-refractivity contribution in [1.29, 1.82) is 0 Å². The van der Waals surface area contributed by atoms with Crippen molar-refractivity contribution in [1.82, 2.24) is 9.97 Å². The Bertz CT molecular complexity index is 1320. The number of hydrogen-bond acceptors (Lipinski definition) is 5. The first kappa shape index (κ1) is 19.5. The topological polar surface area (TPSA) is 79.5 Å². The van der Waals surface area contributed by atoms with Gasteiger partial charge in [-0.25, -0.2) is 19.2 Å². The Morgan fingerprint density at radius 1 is 1.19 bits per heavy atom. The van der Waals surface area contributed by atoms with Crippen LogP contribution in [0.25, 0.3) is 33.5 Å². The van der Waals surface area contributed by atoms with Crippen LogP contribution in [0, 0.1) is 11.7 Å². The van der Waals surface area contributed by atoms with Crippen LogP contribution in [-0.2, 0) is 0 Å². The summed E-state index contributed by atoms with van der Waals surface area (Å²) in [5, 5.41) is 10.0. The van der Waals surface area contributed by atoms with E-state index in [1.54, 1.807) is 18.2 Å². The third-order valence-electron chi connectivity index (χ3n) is 5.98. The predicted molar refractivity (Wildman–Crippen MR) is 117 cm³/mol. The third-order valence-corrected chi connectivity index (χ3v) is 5.98. The first-order valence-electron chi connectivity index (χ1n) is 10.4. The molecule has 2 heterocycles. The van der Waals surface area contributed by atoms with Crippen molar-refractivity contribution < 1.29 is 18.7 Å². The van der Waals surface area contributed by atoms with E-state index in [1.165, 1.54) is 24.3 Å². The van der Waals surface area contributed by atoms with E-state index in [1.807, 2.05) is 7.05 Å². The lowest BCUT2D eigenvalue weighted by atomic mass is 10.1. The van der Waals surface area contributed by atoms with E-state index in [4.69, 9.17) is 14.4 Å². The highest BCUT2D eigenvalue weighted by Crippen LogP contribution is 2.43. The molecule has 1 fully saturated rings. The van der Waals surface area contributed by atoms with Crippen LogP contribution in [0.4, 0.5) is 10.2 Å². The summed E-state index contributed by atoms with van der Waals surface area (Å²) in [4.78, 5) is 23.1. The molecule has 31 heavy (non-hydrogen) atoms. The molecule has 0 spiro atoms. The van der Waals surface area contributed by atoms with Gasteiger partial charge in [0.2, 0.25) is 0 Å². The number of aromatic carboxylic acids is 1. The summed E-state index contributed by atoms with van der Waals surface area (Å²) in [6.45, 7) is 2.18. The molecule has 1 aliphatic rings. The normalized spacial score (nSPS) is 17.9. The number of benzene rings is 2. The minimum atomic E-state index is -1.01. The molecule has 2 atom stereocenters. The summed E-state index contributed by atoms with van der Waals surface area (Å²) < 4.78 is 19.7. The Balaban J connectivity index is 1.67. The monoisotopic (exact) mass is 419 g/mol. The van der Waals surface area contributed by atoms with E-state index in [0.717, 1.165) is 19.3 Å². The highest BCUT2D eigenvalue weighted by Gasteiger charge is 2.41. The number of carboxylic acids is 1. The minimum absolute atomic E-state index is 0.164.